The third-order valence-corrected chi connectivity index (χ3v) is 0. The normalized spacial score (nSPS) is 8.50. The Morgan fingerprint density at radius 1 is 1.50 bits per heavy atom. The van der Waals surface area contributed by atoms with Crippen molar-refractivity contribution in [3.05, 3.63) is 0 Å². The van der Waals surface area contributed by atoms with Crippen molar-refractivity contribution in [1.29, 1.82) is 9.56 Å². The Bertz CT molecular complexity index is 54.4. The average molecular weight is 78.1 g/mol. The van der Waals surface area contributed by atoms with Gasteiger partial charge in [0.2, 0.25) is 0 Å². The summed E-state index contributed by atoms with van der Waals surface area (Å²) < 4.78 is 12.6. The van der Waals surface area contributed by atoms with Crippen LogP contribution in [-0.4, -0.2) is 6.26 Å². The topological polar surface area (TPSA) is 47.7 Å². The van der Waals surface area contributed by atoms with Gasteiger partial charge in [0.05, 0.1) is 0 Å². The van der Waals surface area contributed by atoms with Gasteiger partial charge in [0.25, 0.3) is 0 Å². The smallest absolute Gasteiger partial charge is 0.00118 e. The molecule has 4 heavy (non-hydrogen) atoms. The Morgan fingerprint density at radius 3 is 1.50 bits per heavy atom. The lowest BCUT2D eigenvalue weighted by Gasteiger charge is -1.53. The van der Waals surface area contributed by atoms with Crippen LogP contribution in [0.4, 0.5) is 0 Å². The van der Waals surface area contributed by atoms with E-state index in [1.807, 2.05) is 0 Å². The monoisotopic (exact) mass is 78.0 g/mol. The summed E-state index contributed by atoms with van der Waals surface area (Å²) in [5.41, 5.74) is 0. The van der Waals surface area contributed by atoms with Gasteiger partial charge in [0.15, 0.2) is 0 Å². The molecule has 3 heteroatoms. The molecule has 0 radical (unpaired) electrons. The van der Waals surface area contributed by atoms with E-state index in [9.17, 15) is 0 Å². The number of hydrogen-bond acceptors (Lipinski definition) is 2. The van der Waals surface area contributed by atoms with Gasteiger partial charge in [-0.15, -0.1) is 0 Å². The zero-order valence-corrected chi connectivity index (χ0v) is 3.34. The Balaban J connectivity index is 3.51. The number of nitrogens with one attached hydrogen (secondary N) is 2. The molecule has 0 aliphatic heterocycles. The van der Waals surface area contributed by atoms with Gasteiger partial charge in [-0.25, -0.2) is 0 Å². The van der Waals surface area contributed by atoms with Gasteiger partial charge in [-0.1, -0.05) is 10.5 Å². The average Bonchev–Trinajstić information content (AvgIpc) is 0.811. The van der Waals surface area contributed by atoms with Crippen LogP contribution >= 0.6 is 0 Å². The Morgan fingerprint density at radius 2 is 1.50 bits per heavy atom. The summed E-state index contributed by atoms with van der Waals surface area (Å²) in [5, 5.41) is 0. The third-order valence-electron chi connectivity index (χ3n) is 0. The highest BCUT2D eigenvalue weighted by molar-refractivity contribution is 7.73. The Kier molecular flexibility index (Phi) is 1.27. The summed E-state index contributed by atoms with van der Waals surface area (Å²) in [7, 11) is -1.12. The first-order valence-corrected chi connectivity index (χ1v) is 2.68. The lowest BCUT2D eigenvalue weighted by Crippen LogP contribution is -1.45. The second-order valence-corrected chi connectivity index (χ2v) is 1.68. The summed E-state index contributed by atoms with van der Waals surface area (Å²) in [5.74, 6) is 0. The van der Waals surface area contributed by atoms with Crippen molar-refractivity contribution in [2.45, 2.75) is 0 Å². The zero-order chi connectivity index (χ0) is 3.58. The van der Waals surface area contributed by atoms with Crippen molar-refractivity contribution in [2.24, 2.45) is 0 Å². The van der Waals surface area contributed by atoms with Crippen molar-refractivity contribution >= 4 is 10.5 Å². The summed E-state index contributed by atoms with van der Waals surface area (Å²) in [6.07, 6.45) is 1.56. The molecule has 0 aliphatic carbocycles. The zero-order valence-electron chi connectivity index (χ0n) is 2.45. The van der Waals surface area contributed by atoms with Crippen LogP contribution in [0.5, 0.6) is 0 Å². The fourth-order valence-corrected chi connectivity index (χ4v) is 0. The van der Waals surface area contributed by atoms with Crippen molar-refractivity contribution in [3.8, 4) is 0 Å². The van der Waals surface area contributed by atoms with E-state index in [1.54, 1.807) is 6.26 Å². The van der Waals surface area contributed by atoms with E-state index in [0.29, 0.717) is 0 Å². The summed E-state index contributed by atoms with van der Waals surface area (Å²) in [4.78, 5) is 0. The second-order valence-electron chi connectivity index (χ2n) is 0.559. The largest absolute Gasteiger partial charge is 0.274 e. The van der Waals surface area contributed by atoms with Crippen LogP contribution in [0.2, 0.25) is 0 Å². The minimum atomic E-state index is -1.12. The maximum atomic E-state index is 6.31. The van der Waals surface area contributed by atoms with Crippen LogP contribution < -0.4 is 0 Å². The third kappa shape index (κ3) is 704. The first-order chi connectivity index (χ1) is 1.73. The standard InChI is InChI=1S/CH6N2S/c1-4(2)3/h2-4H,1H3. The van der Waals surface area contributed by atoms with E-state index >= 15 is 0 Å². The molecule has 0 aliphatic rings. The van der Waals surface area contributed by atoms with Crippen molar-refractivity contribution in [2.75, 3.05) is 6.26 Å². The molecule has 0 aromatic heterocycles. The molecule has 2 N–H and O–H groups in total. The van der Waals surface area contributed by atoms with Gasteiger partial charge < -0.3 is 0 Å². The fourth-order valence-electron chi connectivity index (χ4n) is 0. The van der Waals surface area contributed by atoms with Crippen LogP contribution in [0, 0.1) is 9.56 Å². The predicted molar refractivity (Wildman–Crippen MR) is 20.1 cm³/mol. The Hall–Kier alpha value is -0.0500. The molecule has 0 rings (SSSR count). The van der Waals surface area contributed by atoms with Gasteiger partial charge >= 0.3 is 0 Å². The first-order valence-electron chi connectivity index (χ1n) is 0.894. The summed E-state index contributed by atoms with van der Waals surface area (Å²) in [6, 6.07) is 0. The van der Waals surface area contributed by atoms with Gasteiger partial charge in [-0.05, 0) is 6.26 Å². The van der Waals surface area contributed by atoms with Crippen LogP contribution in [0.3, 0.4) is 0 Å². The highest BCUT2D eigenvalue weighted by Crippen LogP contribution is 1.39. The van der Waals surface area contributed by atoms with Gasteiger partial charge in [0.1, 0.15) is 0 Å². The molecular weight excluding hydrogens is 72.1 g/mol. The summed E-state index contributed by atoms with van der Waals surface area (Å²) in [6.45, 7) is 0. The molecule has 0 aromatic carbocycles. The molecule has 0 bridgehead atoms. The van der Waals surface area contributed by atoms with Crippen LogP contribution in [0.15, 0.2) is 0 Å². The fraction of sp³-hybridized carbons (Fsp3) is 1.00. The molecule has 0 unspecified atom stereocenters. The second kappa shape index (κ2) is 1.29. The quantitative estimate of drug-likeness (QED) is 0.353. The number of hydrogen-bond donors (Lipinski definition) is 3. The lowest BCUT2D eigenvalue weighted by molar-refractivity contribution is 1.56. The minimum Gasteiger partial charge on any atom is -0.274 e. The summed E-state index contributed by atoms with van der Waals surface area (Å²) >= 11 is 0. The molecule has 0 heterocycles. The highest BCUT2D eigenvalue weighted by atomic mass is 32.2. The number of rotatable bonds is 0. The lowest BCUT2D eigenvalue weighted by atomic mass is 12.0. The van der Waals surface area contributed by atoms with E-state index in [2.05, 4.69) is 0 Å². The molecule has 0 spiro atoms. The maximum absolute atomic E-state index is 6.31. The van der Waals surface area contributed by atoms with Gasteiger partial charge in [-0.3, -0.25) is 9.56 Å². The highest BCUT2D eigenvalue weighted by Gasteiger charge is 1.31. The molecular formula is CH6N2S. The van der Waals surface area contributed by atoms with Gasteiger partial charge in [-0.2, -0.15) is 0 Å². The maximum Gasteiger partial charge on any atom is -0.00118 e. The van der Waals surface area contributed by atoms with Crippen molar-refractivity contribution < 1.29 is 0 Å². The van der Waals surface area contributed by atoms with E-state index in [1.165, 1.54) is 0 Å². The Labute approximate surface area is 27.3 Å². The van der Waals surface area contributed by atoms with E-state index in [4.69, 9.17) is 9.56 Å². The molecule has 26 valence electrons. The van der Waals surface area contributed by atoms with Crippen LogP contribution in [0.1, 0.15) is 0 Å². The van der Waals surface area contributed by atoms with E-state index < -0.39 is 10.5 Å². The molecule has 2 nitrogen and oxygen atoms in total. The van der Waals surface area contributed by atoms with Gasteiger partial charge in [0, 0.05) is 0 Å². The van der Waals surface area contributed by atoms with Crippen LogP contribution in [-0.2, 0) is 10.5 Å². The minimum absolute atomic E-state index is 1.12. The van der Waals surface area contributed by atoms with E-state index in [0.717, 1.165) is 0 Å². The molecule has 0 fully saturated rings. The van der Waals surface area contributed by atoms with E-state index in [-0.39, 0.29) is 0 Å². The van der Waals surface area contributed by atoms with Crippen molar-refractivity contribution in [3.63, 3.8) is 0 Å². The van der Waals surface area contributed by atoms with Crippen molar-refractivity contribution in [1.82, 2.24) is 0 Å². The number of thiol groups is 1. The molecule has 0 saturated carbocycles. The molecule has 0 atom stereocenters. The molecule has 0 aromatic rings. The SMILES string of the molecule is C[SH](=N)=N. The molecule has 0 saturated heterocycles. The van der Waals surface area contributed by atoms with Crippen LogP contribution in [0.25, 0.3) is 0 Å². The molecule has 0 amide bonds. The first kappa shape index (κ1) is 3.95. The predicted octanol–water partition coefficient (Wildman–Crippen LogP) is 0.492.